The zero-order valence-corrected chi connectivity index (χ0v) is 9.81. The van der Waals surface area contributed by atoms with Gasteiger partial charge in [-0.3, -0.25) is 0 Å². The lowest BCUT2D eigenvalue weighted by Crippen LogP contribution is -2.19. The van der Waals surface area contributed by atoms with Crippen LogP contribution in [0.4, 0.5) is 0 Å². The topological polar surface area (TPSA) is 26.0 Å². The van der Waals surface area contributed by atoms with Gasteiger partial charge in [0.1, 0.15) is 0 Å². The monoisotopic (exact) mass is 211 g/mol. The first-order valence-electron chi connectivity index (χ1n) is 5.08. The van der Waals surface area contributed by atoms with Gasteiger partial charge in [0.25, 0.3) is 0 Å². The highest BCUT2D eigenvalue weighted by atomic mass is 35.5. The summed E-state index contributed by atoms with van der Waals surface area (Å²) < 4.78 is 0. The number of rotatable bonds is 3. The third-order valence-corrected chi connectivity index (χ3v) is 3.35. The van der Waals surface area contributed by atoms with E-state index in [4.69, 9.17) is 17.3 Å². The molecule has 0 spiro atoms. The number of benzene rings is 1. The van der Waals surface area contributed by atoms with Crippen molar-refractivity contribution >= 4 is 11.6 Å². The van der Waals surface area contributed by atoms with E-state index in [1.807, 2.05) is 25.1 Å². The van der Waals surface area contributed by atoms with Gasteiger partial charge in [-0.2, -0.15) is 0 Å². The van der Waals surface area contributed by atoms with Crippen LogP contribution in [0.25, 0.3) is 0 Å². The molecule has 1 rings (SSSR count). The van der Waals surface area contributed by atoms with E-state index in [9.17, 15) is 0 Å². The van der Waals surface area contributed by atoms with Gasteiger partial charge in [-0.05, 0) is 24.0 Å². The molecule has 0 saturated carbocycles. The SMILES string of the molecule is CCC(C)C(N)c1cccc(C)c1Cl. The van der Waals surface area contributed by atoms with Gasteiger partial charge in [0.05, 0.1) is 0 Å². The number of nitrogens with two attached hydrogens (primary N) is 1. The Labute approximate surface area is 91.3 Å². The average molecular weight is 212 g/mol. The van der Waals surface area contributed by atoms with Gasteiger partial charge in [-0.1, -0.05) is 50.1 Å². The lowest BCUT2D eigenvalue weighted by atomic mass is 9.92. The summed E-state index contributed by atoms with van der Waals surface area (Å²) in [5, 5.41) is 0.820. The summed E-state index contributed by atoms with van der Waals surface area (Å²) in [7, 11) is 0. The molecular formula is C12H18ClN. The number of hydrogen-bond acceptors (Lipinski definition) is 1. The predicted molar refractivity (Wildman–Crippen MR) is 62.6 cm³/mol. The third kappa shape index (κ3) is 2.28. The highest BCUT2D eigenvalue weighted by Gasteiger charge is 2.16. The highest BCUT2D eigenvalue weighted by molar-refractivity contribution is 6.32. The van der Waals surface area contributed by atoms with E-state index >= 15 is 0 Å². The Morgan fingerprint density at radius 2 is 2.07 bits per heavy atom. The van der Waals surface area contributed by atoms with Crippen LogP contribution in [0.2, 0.25) is 5.02 Å². The van der Waals surface area contributed by atoms with Crippen molar-refractivity contribution in [1.82, 2.24) is 0 Å². The van der Waals surface area contributed by atoms with Crippen LogP contribution in [0, 0.1) is 12.8 Å². The molecule has 0 aromatic heterocycles. The smallest absolute Gasteiger partial charge is 0.0483 e. The fourth-order valence-electron chi connectivity index (χ4n) is 1.49. The molecule has 0 heterocycles. The zero-order chi connectivity index (χ0) is 10.7. The van der Waals surface area contributed by atoms with Crippen LogP contribution >= 0.6 is 11.6 Å². The van der Waals surface area contributed by atoms with Crippen molar-refractivity contribution in [3.8, 4) is 0 Å². The molecule has 2 atom stereocenters. The van der Waals surface area contributed by atoms with Crippen molar-refractivity contribution < 1.29 is 0 Å². The minimum atomic E-state index is 0.0485. The molecule has 0 aliphatic carbocycles. The average Bonchev–Trinajstić information content (AvgIpc) is 2.20. The molecule has 0 radical (unpaired) electrons. The first kappa shape index (κ1) is 11.5. The first-order valence-corrected chi connectivity index (χ1v) is 5.46. The van der Waals surface area contributed by atoms with E-state index in [-0.39, 0.29) is 6.04 Å². The molecule has 78 valence electrons. The quantitative estimate of drug-likeness (QED) is 0.811. The van der Waals surface area contributed by atoms with Crippen LogP contribution < -0.4 is 5.73 Å². The molecule has 0 aliphatic heterocycles. The predicted octanol–water partition coefficient (Wildman–Crippen LogP) is 3.69. The number of hydrogen-bond donors (Lipinski definition) is 1. The lowest BCUT2D eigenvalue weighted by Gasteiger charge is -2.20. The van der Waals surface area contributed by atoms with Gasteiger partial charge in [-0.15, -0.1) is 0 Å². The zero-order valence-electron chi connectivity index (χ0n) is 9.05. The van der Waals surface area contributed by atoms with Gasteiger partial charge >= 0.3 is 0 Å². The van der Waals surface area contributed by atoms with Crippen molar-refractivity contribution in [3.05, 3.63) is 34.3 Å². The Morgan fingerprint density at radius 3 is 2.64 bits per heavy atom. The lowest BCUT2D eigenvalue weighted by molar-refractivity contribution is 0.457. The number of aryl methyl sites for hydroxylation is 1. The van der Waals surface area contributed by atoms with Crippen molar-refractivity contribution in [3.63, 3.8) is 0 Å². The van der Waals surface area contributed by atoms with E-state index in [1.54, 1.807) is 0 Å². The van der Waals surface area contributed by atoms with Gasteiger partial charge in [-0.25, -0.2) is 0 Å². The van der Waals surface area contributed by atoms with E-state index < -0.39 is 0 Å². The Bertz CT molecular complexity index is 309. The molecule has 2 unspecified atom stereocenters. The summed E-state index contributed by atoms with van der Waals surface area (Å²) in [5.74, 6) is 0.467. The van der Waals surface area contributed by atoms with Crippen LogP contribution in [0.5, 0.6) is 0 Å². The molecule has 2 N–H and O–H groups in total. The van der Waals surface area contributed by atoms with E-state index in [0.29, 0.717) is 5.92 Å². The second-order valence-electron chi connectivity index (χ2n) is 3.89. The Balaban J connectivity index is 3.01. The standard InChI is InChI=1S/C12H18ClN/c1-4-8(2)12(14)10-7-5-6-9(3)11(10)13/h5-8,12H,4,14H2,1-3H3. The molecule has 0 fully saturated rings. The highest BCUT2D eigenvalue weighted by Crippen LogP contribution is 2.29. The van der Waals surface area contributed by atoms with Gasteiger partial charge < -0.3 is 5.73 Å². The Kier molecular flexibility index (Phi) is 3.97. The van der Waals surface area contributed by atoms with Crippen LogP contribution in [0.1, 0.15) is 37.4 Å². The molecule has 0 aliphatic rings. The van der Waals surface area contributed by atoms with Gasteiger partial charge in [0, 0.05) is 11.1 Å². The fraction of sp³-hybridized carbons (Fsp3) is 0.500. The molecule has 1 aromatic carbocycles. The summed E-state index contributed by atoms with van der Waals surface area (Å²) in [6.07, 6.45) is 1.07. The first-order chi connectivity index (χ1) is 6.57. The van der Waals surface area contributed by atoms with Crippen LogP contribution in [0.3, 0.4) is 0 Å². The molecule has 0 saturated heterocycles. The maximum absolute atomic E-state index is 6.21. The van der Waals surface area contributed by atoms with Crippen LogP contribution in [-0.4, -0.2) is 0 Å². The largest absolute Gasteiger partial charge is 0.324 e. The maximum atomic E-state index is 6.21. The fourth-order valence-corrected chi connectivity index (χ4v) is 1.74. The van der Waals surface area contributed by atoms with Gasteiger partial charge in [0.15, 0.2) is 0 Å². The normalized spacial score (nSPS) is 15.2. The Hall–Kier alpha value is -0.530. The molecule has 14 heavy (non-hydrogen) atoms. The summed E-state index contributed by atoms with van der Waals surface area (Å²) >= 11 is 6.21. The molecule has 0 bridgehead atoms. The van der Waals surface area contributed by atoms with Crippen molar-refractivity contribution in [2.75, 3.05) is 0 Å². The van der Waals surface area contributed by atoms with Crippen molar-refractivity contribution in [1.29, 1.82) is 0 Å². The van der Waals surface area contributed by atoms with Crippen molar-refractivity contribution in [2.45, 2.75) is 33.2 Å². The molecular weight excluding hydrogens is 194 g/mol. The van der Waals surface area contributed by atoms with E-state index in [1.165, 1.54) is 0 Å². The van der Waals surface area contributed by atoms with E-state index in [2.05, 4.69) is 13.8 Å². The molecule has 0 amide bonds. The summed E-state index contributed by atoms with van der Waals surface area (Å²) in [4.78, 5) is 0. The second-order valence-corrected chi connectivity index (χ2v) is 4.27. The maximum Gasteiger partial charge on any atom is 0.0483 e. The van der Waals surface area contributed by atoms with Crippen molar-refractivity contribution in [2.24, 2.45) is 11.7 Å². The van der Waals surface area contributed by atoms with Crippen LogP contribution in [-0.2, 0) is 0 Å². The minimum Gasteiger partial charge on any atom is -0.324 e. The Morgan fingerprint density at radius 1 is 1.43 bits per heavy atom. The molecule has 2 heteroatoms. The minimum absolute atomic E-state index is 0.0485. The molecule has 1 aromatic rings. The molecule has 1 nitrogen and oxygen atoms in total. The van der Waals surface area contributed by atoms with Gasteiger partial charge in [0.2, 0.25) is 0 Å². The second kappa shape index (κ2) is 4.81. The van der Waals surface area contributed by atoms with Crippen LogP contribution in [0.15, 0.2) is 18.2 Å². The summed E-state index contributed by atoms with van der Waals surface area (Å²) in [6, 6.07) is 6.09. The third-order valence-electron chi connectivity index (χ3n) is 2.84. The summed E-state index contributed by atoms with van der Waals surface area (Å²) in [5.41, 5.74) is 8.30. The summed E-state index contributed by atoms with van der Waals surface area (Å²) in [6.45, 7) is 6.31. The number of halogens is 1. The van der Waals surface area contributed by atoms with E-state index in [0.717, 1.165) is 22.6 Å².